The van der Waals surface area contributed by atoms with Crippen LogP contribution in [0.25, 0.3) is 0 Å². The van der Waals surface area contributed by atoms with Gasteiger partial charge in [0.15, 0.2) is 0 Å². The summed E-state index contributed by atoms with van der Waals surface area (Å²) in [6.07, 6.45) is 0. The van der Waals surface area contributed by atoms with E-state index in [1.54, 1.807) is 0 Å². The van der Waals surface area contributed by atoms with E-state index < -0.39 is 0 Å². The lowest BCUT2D eigenvalue weighted by molar-refractivity contribution is 0.513. The lowest BCUT2D eigenvalue weighted by atomic mass is 10.0. The Morgan fingerprint density at radius 2 is 1.85 bits per heavy atom. The molecule has 0 unspecified atom stereocenters. The van der Waals surface area contributed by atoms with Gasteiger partial charge < -0.3 is 5.32 Å². The van der Waals surface area contributed by atoms with E-state index in [-0.39, 0.29) is 6.67 Å². The van der Waals surface area contributed by atoms with Crippen LogP contribution in [-0.2, 0) is 0 Å². The van der Waals surface area contributed by atoms with Crippen molar-refractivity contribution in [1.82, 2.24) is 0 Å². The summed E-state index contributed by atoms with van der Waals surface area (Å²) in [7, 11) is 0. The number of benzene rings is 1. The average Bonchev–Trinajstić information content (AvgIpc) is 2.15. The normalized spacial score (nSPS) is 10.5. The summed E-state index contributed by atoms with van der Waals surface area (Å²) in [5.41, 5.74) is 2.30. The maximum atomic E-state index is 11.8. The molecule has 0 fully saturated rings. The van der Waals surface area contributed by atoms with Gasteiger partial charge in [0.2, 0.25) is 0 Å². The van der Waals surface area contributed by atoms with Crippen LogP contribution in [0.1, 0.15) is 25.3 Å². The van der Waals surface area contributed by atoms with E-state index in [1.807, 2.05) is 12.1 Å². The Labute approximate surface area is 79.0 Å². The molecule has 0 aromatic heterocycles. The fourth-order valence-corrected chi connectivity index (χ4v) is 1.18. The third kappa shape index (κ3) is 3.05. The van der Waals surface area contributed by atoms with Gasteiger partial charge in [-0.25, -0.2) is 4.39 Å². The van der Waals surface area contributed by atoms with Crippen molar-refractivity contribution in [3.63, 3.8) is 0 Å². The molecule has 1 aromatic rings. The minimum absolute atomic E-state index is 0.327. The van der Waals surface area contributed by atoms with Crippen LogP contribution in [-0.4, -0.2) is 13.2 Å². The van der Waals surface area contributed by atoms with Crippen LogP contribution in [0.2, 0.25) is 0 Å². The van der Waals surface area contributed by atoms with Gasteiger partial charge in [-0.3, -0.25) is 0 Å². The first-order chi connectivity index (χ1) is 6.24. The standard InChI is InChI=1S/C11H16FN/c1-9(2)10-3-5-11(6-4-10)13-8-7-12/h3-6,9,13H,7-8H2,1-2H3. The predicted molar refractivity (Wildman–Crippen MR) is 55.0 cm³/mol. The number of anilines is 1. The highest BCUT2D eigenvalue weighted by atomic mass is 19.1. The van der Waals surface area contributed by atoms with Gasteiger partial charge in [-0.15, -0.1) is 0 Å². The molecule has 0 aliphatic rings. The molecule has 1 N–H and O–H groups in total. The lowest BCUT2D eigenvalue weighted by Gasteiger charge is -2.07. The Balaban J connectivity index is 2.59. The van der Waals surface area contributed by atoms with Gasteiger partial charge >= 0.3 is 0 Å². The first-order valence-corrected chi connectivity index (χ1v) is 4.64. The van der Waals surface area contributed by atoms with E-state index in [4.69, 9.17) is 0 Å². The number of rotatable bonds is 4. The second-order valence-corrected chi connectivity index (χ2v) is 3.39. The number of nitrogens with one attached hydrogen (secondary N) is 1. The monoisotopic (exact) mass is 181 g/mol. The fourth-order valence-electron chi connectivity index (χ4n) is 1.18. The number of hydrogen-bond acceptors (Lipinski definition) is 1. The van der Waals surface area contributed by atoms with Gasteiger partial charge in [0.05, 0.1) is 0 Å². The molecule has 0 aliphatic carbocycles. The van der Waals surface area contributed by atoms with Crippen molar-refractivity contribution in [3.05, 3.63) is 29.8 Å². The highest BCUT2D eigenvalue weighted by Crippen LogP contribution is 2.16. The van der Waals surface area contributed by atoms with Crippen molar-refractivity contribution >= 4 is 5.69 Å². The van der Waals surface area contributed by atoms with Crippen molar-refractivity contribution in [2.45, 2.75) is 19.8 Å². The second kappa shape index (κ2) is 4.85. The molecular weight excluding hydrogens is 165 g/mol. The van der Waals surface area contributed by atoms with E-state index in [1.165, 1.54) is 5.56 Å². The molecule has 1 rings (SSSR count). The third-order valence-corrected chi connectivity index (χ3v) is 2.00. The highest BCUT2D eigenvalue weighted by Gasteiger charge is 1.97. The molecule has 0 bridgehead atoms. The Morgan fingerprint density at radius 3 is 2.31 bits per heavy atom. The van der Waals surface area contributed by atoms with Gasteiger partial charge in [-0.2, -0.15) is 0 Å². The summed E-state index contributed by atoms with van der Waals surface area (Å²) < 4.78 is 11.8. The molecule has 0 radical (unpaired) electrons. The molecule has 13 heavy (non-hydrogen) atoms. The zero-order chi connectivity index (χ0) is 9.68. The van der Waals surface area contributed by atoms with Crippen LogP contribution in [0.15, 0.2) is 24.3 Å². The van der Waals surface area contributed by atoms with Gasteiger partial charge in [-0.05, 0) is 23.6 Å². The highest BCUT2D eigenvalue weighted by molar-refractivity contribution is 5.44. The zero-order valence-electron chi connectivity index (χ0n) is 8.18. The Kier molecular flexibility index (Phi) is 3.74. The quantitative estimate of drug-likeness (QED) is 0.752. The Bertz CT molecular complexity index is 241. The number of hydrogen-bond donors (Lipinski definition) is 1. The van der Waals surface area contributed by atoms with Crippen LogP contribution >= 0.6 is 0 Å². The molecular formula is C11H16FN. The molecule has 1 aromatic carbocycles. The smallest absolute Gasteiger partial charge is 0.107 e. The Morgan fingerprint density at radius 1 is 1.23 bits per heavy atom. The molecule has 2 heteroatoms. The predicted octanol–water partition coefficient (Wildman–Crippen LogP) is 3.19. The molecule has 0 saturated heterocycles. The molecule has 0 amide bonds. The summed E-state index contributed by atoms with van der Waals surface area (Å²) in [4.78, 5) is 0. The first kappa shape index (κ1) is 10.0. The fraction of sp³-hybridized carbons (Fsp3) is 0.455. The largest absolute Gasteiger partial charge is 0.382 e. The van der Waals surface area contributed by atoms with Crippen LogP contribution in [0.3, 0.4) is 0 Å². The SMILES string of the molecule is CC(C)c1ccc(NCCF)cc1. The summed E-state index contributed by atoms with van der Waals surface area (Å²) in [6, 6.07) is 8.13. The second-order valence-electron chi connectivity index (χ2n) is 3.39. The van der Waals surface area contributed by atoms with E-state index >= 15 is 0 Å². The maximum absolute atomic E-state index is 11.8. The van der Waals surface area contributed by atoms with Gasteiger partial charge in [0.25, 0.3) is 0 Å². The van der Waals surface area contributed by atoms with Gasteiger partial charge in [0.1, 0.15) is 6.67 Å². The minimum Gasteiger partial charge on any atom is -0.382 e. The van der Waals surface area contributed by atoms with Gasteiger partial charge in [-0.1, -0.05) is 26.0 Å². The number of halogens is 1. The zero-order valence-corrected chi connectivity index (χ0v) is 8.18. The van der Waals surface area contributed by atoms with E-state index in [2.05, 4.69) is 31.3 Å². The van der Waals surface area contributed by atoms with Crippen molar-refractivity contribution in [2.75, 3.05) is 18.5 Å². The Hall–Kier alpha value is -1.05. The molecule has 0 aliphatic heterocycles. The van der Waals surface area contributed by atoms with Crippen molar-refractivity contribution < 1.29 is 4.39 Å². The first-order valence-electron chi connectivity index (χ1n) is 4.64. The van der Waals surface area contributed by atoms with E-state index in [9.17, 15) is 4.39 Å². The van der Waals surface area contributed by atoms with Gasteiger partial charge in [0, 0.05) is 12.2 Å². The summed E-state index contributed by atoms with van der Waals surface area (Å²) in [5.74, 6) is 0.551. The topological polar surface area (TPSA) is 12.0 Å². The van der Waals surface area contributed by atoms with Crippen LogP contribution in [0, 0.1) is 0 Å². The molecule has 1 nitrogen and oxygen atoms in total. The van der Waals surface area contributed by atoms with Crippen molar-refractivity contribution in [3.8, 4) is 0 Å². The summed E-state index contributed by atoms with van der Waals surface area (Å²) in [6.45, 7) is 4.38. The van der Waals surface area contributed by atoms with Crippen LogP contribution < -0.4 is 5.32 Å². The molecule has 0 saturated carbocycles. The molecule has 0 heterocycles. The third-order valence-electron chi connectivity index (χ3n) is 2.00. The van der Waals surface area contributed by atoms with Crippen molar-refractivity contribution in [2.24, 2.45) is 0 Å². The van der Waals surface area contributed by atoms with Crippen LogP contribution in [0.5, 0.6) is 0 Å². The van der Waals surface area contributed by atoms with Crippen LogP contribution in [0.4, 0.5) is 10.1 Å². The molecule has 0 atom stereocenters. The number of alkyl halides is 1. The lowest BCUT2D eigenvalue weighted by Crippen LogP contribution is -2.02. The molecule has 72 valence electrons. The summed E-state index contributed by atoms with van der Waals surface area (Å²) in [5, 5.41) is 2.99. The van der Waals surface area contributed by atoms with Crippen molar-refractivity contribution in [1.29, 1.82) is 0 Å². The van der Waals surface area contributed by atoms with E-state index in [0.717, 1.165) is 5.69 Å². The minimum atomic E-state index is -0.327. The molecule has 0 spiro atoms. The average molecular weight is 181 g/mol. The maximum Gasteiger partial charge on any atom is 0.107 e. The van der Waals surface area contributed by atoms with E-state index in [0.29, 0.717) is 12.5 Å². The summed E-state index contributed by atoms with van der Waals surface area (Å²) >= 11 is 0.